The molecule has 0 bridgehead atoms. The first-order valence-electron chi connectivity index (χ1n) is 7.00. The minimum absolute atomic E-state index is 0.101. The molecule has 2 N–H and O–H groups in total. The fourth-order valence-electron chi connectivity index (χ4n) is 2.64. The van der Waals surface area contributed by atoms with Crippen LogP contribution in [0.15, 0.2) is 0 Å². The van der Waals surface area contributed by atoms with E-state index in [1.165, 1.54) is 4.90 Å². The summed E-state index contributed by atoms with van der Waals surface area (Å²) in [7, 11) is 0. The van der Waals surface area contributed by atoms with Gasteiger partial charge in [-0.15, -0.1) is 0 Å². The lowest BCUT2D eigenvalue weighted by Crippen LogP contribution is -2.49. The Morgan fingerprint density at radius 3 is 2.26 bits per heavy atom. The minimum Gasteiger partial charge on any atom is -0.395 e. The number of rotatable bonds is 6. The van der Waals surface area contributed by atoms with E-state index < -0.39 is 6.04 Å². The number of likely N-dealkylation sites (tertiary alicyclic amines) is 1. The van der Waals surface area contributed by atoms with Crippen molar-refractivity contribution in [1.29, 1.82) is 0 Å². The molecule has 19 heavy (non-hydrogen) atoms. The third-order valence-corrected chi connectivity index (χ3v) is 3.80. The topological polar surface area (TPSA) is 81.1 Å². The molecule has 2 amide bonds. The van der Waals surface area contributed by atoms with Crippen molar-refractivity contribution >= 4 is 11.8 Å². The van der Waals surface area contributed by atoms with Crippen molar-refractivity contribution in [1.82, 2.24) is 9.80 Å². The number of nitrogens with zero attached hydrogens (tertiary/aromatic N) is 2. The Kier molecular flexibility index (Phi) is 4.76. The van der Waals surface area contributed by atoms with Crippen LogP contribution in [0.3, 0.4) is 0 Å². The normalized spacial score (nSPS) is 22.6. The van der Waals surface area contributed by atoms with Crippen LogP contribution in [0.1, 0.15) is 25.7 Å². The van der Waals surface area contributed by atoms with Crippen LogP contribution in [0, 0.1) is 5.92 Å². The first kappa shape index (κ1) is 14.3. The zero-order valence-corrected chi connectivity index (χ0v) is 11.1. The summed E-state index contributed by atoms with van der Waals surface area (Å²) in [4.78, 5) is 27.7. The molecule has 1 unspecified atom stereocenters. The van der Waals surface area contributed by atoms with E-state index in [1.54, 1.807) is 4.90 Å². The maximum Gasteiger partial charge on any atom is 0.245 e. The average Bonchev–Trinajstić information content (AvgIpc) is 3.14. The maximum atomic E-state index is 12.4. The van der Waals surface area contributed by atoms with Gasteiger partial charge in [-0.25, -0.2) is 0 Å². The number of hydrogen-bond donors (Lipinski definition) is 2. The highest BCUT2D eigenvalue weighted by Gasteiger charge is 2.41. The molecule has 6 nitrogen and oxygen atoms in total. The van der Waals surface area contributed by atoms with Gasteiger partial charge in [0.15, 0.2) is 0 Å². The molecule has 1 saturated heterocycles. The van der Waals surface area contributed by atoms with E-state index in [0.717, 1.165) is 19.3 Å². The maximum absolute atomic E-state index is 12.4. The third-order valence-electron chi connectivity index (χ3n) is 3.80. The Morgan fingerprint density at radius 2 is 1.74 bits per heavy atom. The fraction of sp³-hybridized carbons (Fsp3) is 0.846. The summed E-state index contributed by atoms with van der Waals surface area (Å²) in [5.74, 6) is 0.0796. The van der Waals surface area contributed by atoms with Crippen LogP contribution in [-0.4, -0.2) is 70.7 Å². The Balaban J connectivity index is 2.00. The molecule has 0 aromatic rings. The van der Waals surface area contributed by atoms with Gasteiger partial charge in [0.2, 0.25) is 11.8 Å². The summed E-state index contributed by atoms with van der Waals surface area (Å²) in [6.45, 7) is 0.810. The van der Waals surface area contributed by atoms with Gasteiger partial charge in [0.25, 0.3) is 0 Å². The van der Waals surface area contributed by atoms with Crippen molar-refractivity contribution in [3.63, 3.8) is 0 Å². The lowest BCUT2D eigenvalue weighted by molar-refractivity contribution is -0.145. The third kappa shape index (κ3) is 3.25. The molecule has 1 heterocycles. The number of carbonyl (C=O) groups is 2. The van der Waals surface area contributed by atoms with Crippen LogP contribution in [0.25, 0.3) is 0 Å². The second kappa shape index (κ2) is 6.34. The summed E-state index contributed by atoms with van der Waals surface area (Å²) < 4.78 is 0. The fourth-order valence-corrected chi connectivity index (χ4v) is 2.64. The number of amides is 2. The molecule has 0 aromatic heterocycles. The van der Waals surface area contributed by atoms with Crippen LogP contribution >= 0.6 is 0 Å². The summed E-state index contributed by atoms with van der Waals surface area (Å²) in [6, 6.07) is -0.397. The second-order valence-corrected chi connectivity index (χ2v) is 5.24. The lowest BCUT2D eigenvalue weighted by atomic mass is 10.1. The van der Waals surface area contributed by atoms with Gasteiger partial charge in [-0.05, 0) is 25.7 Å². The zero-order chi connectivity index (χ0) is 13.8. The van der Waals surface area contributed by atoms with Gasteiger partial charge in [-0.1, -0.05) is 0 Å². The molecule has 1 saturated carbocycles. The quantitative estimate of drug-likeness (QED) is 0.662. The first-order chi connectivity index (χ1) is 9.19. The summed E-state index contributed by atoms with van der Waals surface area (Å²) >= 11 is 0. The minimum atomic E-state index is -0.397. The van der Waals surface area contributed by atoms with Crippen molar-refractivity contribution in [2.45, 2.75) is 31.7 Å². The SMILES string of the molecule is O=C(C1CCCN1C(=O)C1CC1)N(CCO)CCO. The molecular weight excluding hydrogens is 248 g/mol. The molecule has 2 fully saturated rings. The first-order valence-corrected chi connectivity index (χ1v) is 7.00. The molecule has 0 radical (unpaired) electrons. The van der Waals surface area contributed by atoms with Crippen LogP contribution < -0.4 is 0 Å². The van der Waals surface area contributed by atoms with E-state index >= 15 is 0 Å². The van der Waals surface area contributed by atoms with E-state index in [9.17, 15) is 9.59 Å². The molecule has 6 heteroatoms. The van der Waals surface area contributed by atoms with Crippen molar-refractivity contribution in [3.05, 3.63) is 0 Å². The van der Waals surface area contributed by atoms with Gasteiger partial charge < -0.3 is 20.0 Å². The smallest absolute Gasteiger partial charge is 0.245 e. The van der Waals surface area contributed by atoms with E-state index in [-0.39, 0.29) is 44.0 Å². The summed E-state index contributed by atoms with van der Waals surface area (Å²) in [5.41, 5.74) is 0. The Hall–Kier alpha value is -1.14. The predicted molar refractivity (Wildman–Crippen MR) is 68.2 cm³/mol. The molecule has 1 aliphatic heterocycles. The molecular formula is C13H22N2O4. The lowest BCUT2D eigenvalue weighted by Gasteiger charge is -2.29. The van der Waals surface area contributed by atoms with Crippen molar-refractivity contribution in [2.24, 2.45) is 5.92 Å². The zero-order valence-electron chi connectivity index (χ0n) is 11.1. The summed E-state index contributed by atoms with van der Waals surface area (Å²) in [5, 5.41) is 17.9. The van der Waals surface area contributed by atoms with Crippen LogP contribution in [0.5, 0.6) is 0 Å². The van der Waals surface area contributed by atoms with Crippen LogP contribution in [-0.2, 0) is 9.59 Å². The van der Waals surface area contributed by atoms with Crippen LogP contribution in [0.2, 0.25) is 0 Å². The van der Waals surface area contributed by atoms with E-state index in [2.05, 4.69) is 0 Å². The van der Waals surface area contributed by atoms with Crippen molar-refractivity contribution < 1.29 is 19.8 Å². The standard InChI is InChI=1S/C13H22N2O4/c16-8-6-14(7-9-17)13(19)11-2-1-5-15(11)12(18)10-3-4-10/h10-11,16-17H,1-9H2. The molecule has 1 aliphatic carbocycles. The molecule has 1 atom stereocenters. The molecule has 0 aromatic carbocycles. The largest absolute Gasteiger partial charge is 0.395 e. The van der Waals surface area contributed by atoms with Gasteiger partial charge in [0, 0.05) is 25.6 Å². The van der Waals surface area contributed by atoms with Gasteiger partial charge in [0.05, 0.1) is 13.2 Å². The van der Waals surface area contributed by atoms with Crippen LogP contribution in [0.4, 0.5) is 0 Å². The molecule has 2 rings (SSSR count). The highest BCUT2D eigenvalue weighted by molar-refractivity contribution is 5.90. The molecule has 0 spiro atoms. The highest BCUT2D eigenvalue weighted by atomic mass is 16.3. The van der Waals surface area contributed by atoms with E-state index in [4.69, 9.17) is 10.2 Å². The highest BCUT2D eigenvalue weighted by Crippen LogP contribution is 2.34. The number of carbonyl (C=O) groups excluding carboxylic acids is 2. The van der Waals surface area contributed by atoms with Gasteiger partial charge in [-0.3, -0.25) is 9.59 Å². The van der Waals surface area contributed by atoms with Crippen molar-refractivity contribution in [2.75, 3.05) is 32.8 Å². The number of aliphatic hydroxyl groups excluding tert-OH is 2. The average molecular weight is 270 g/mol. The summed E-state index contributed by atoms with van der Waals surface area (Å²) in [6.07, 6.45) is 3.41. The van der Waals surface area contributed by atoms with Gasteiger partial charge in [-0.2, -0.15) is 0 Å². The number of aliphatic hydroxyl groups is 2. The number of hydrogen-bond acceptors (Lipinski definition) is 4. The second-order valence-electron chi connectivity index (χ2n) is 5.24. The van der Waals surface area contributed by atoms with Crippen molar-refractivity contribution in [3.8, 4) is 0 Å². The van der Waals surface area contributed by atoms with E-state index in [0.29, 0.717) is 13.0 Å². The monoisotopic (exact) mass is 270 g/mol. The Bertz CT molecular complexity index is 338. The predicted octanol–water partition coefficient (Wildman–Crippen LogP) is -0.799. The molecule has 108 valence electrons. The Labute approximate surface area is 113 Å². The Morgan fingerprint density at radius 1 is 1.11 bits per heavy atom. The van der Waals surface area contributed by atoms with Gasteiger partial charge in [0.1, 0.15) is 6.04 Å². The van der Waals surface area contributed by atoms with E-state index in [1.807, 2.05) is 0 Å². The molecule has 2 aliphatic rings. The van der Waals surface area contributed by atoms with Gasteiger partial charge >= 0.3 is 0 Å².